The number of halogens is 5. The Bertz CT molecular complexity index is 3370. The molecular formula is C74H113F5N10O15S2. The highest BCUT2D eigenvalue weighted by Gasteiger charge is 2.41. The number of thiazole rings is 2. The number of ketones is 1. The van der Waals surface area contributed by atoms with Crippen molar-refractivity contribution < 1.29 is 93.9 Å². The summed E-state index contributed by atoms with van der Waals surface area (Å²) in [6.07, 6.45) is 12.4. The molecule has 6 rings (SSSR count). The molecule has 1 N–H and O–H groups in total. The van der Waals surface area contributed by atoms with Gasteiger partial charge in [-0.15, -0.1) is 22.7 Å². The van der Waals surface area contributed by atoms with Crippen LogP contribution in [0.15, 0.2) is 15.9 Å². The first-order valence-corrected chi connectivity index (χ1v) is 38.5. The third-order valence-corrected chi connectivity index (χ3v) is 21.9. The fraction of sp³-hybridized carbons (Fsp3) is 0.716. The number of carbonyl (C=O) groups excluding carboxylic acids is 8. The number of piperidine rings is 3. The predicted molar refractivity (Wildman–Crippen MR) is 391 cm³/mol. The van der Waals surface area contributed by atoms with E-state index in [4.69, 9.17) is 29.6 Å². The van der Waals surface area contributed by atoms with Gasteiger partial charge in [0.25, 0.3) is 0 Å². The van der Waals surface area contributed by atoms with Gasteiger partial charge >= 0.3 is 35.8 Å². The minimum Gasteiger partial charge on any atom is -0.480 e. The third kappa shape index (κ3) is 27.8. The first-order valence-electron chi connectivity index (χ1n) is 36.7. The van der Waals surface area contributed by atoms with Gasteiger partial charge in [-0.05, 0) is 134 Å². The molecular weight excluding hydrogens is 1430 g/mol. The minimum atomic E-state index is -2.29. The van der Waals surface area contributed by atoms with E-state index in [1.54, 1.807) is 27.6 Å². The number of benzene rings is 1. The first-order chi connectivity index (χ1) is 50.1. The normalized spacial score (nSPS) is 18.5. The number of likely N-dealkylation sites (N-methyl/N-ethyl adjacent to an activating group) is 3. The molecule has 0 saturated carbocycles. The number of likely N-dealkylation sites (tertiary alicyclic amines) is 3. The van der Waals surface area contributed by atoms with E-state index in [0.717, 1.165) is 74.5 Å². The summed E-state index contributed by atoms with van der Waals surface area (Å²) in [5.74, 6) is -17.1. The molecule has 2 aromatic heterocycles. The SMILES string of the molecule is CCCC(=O)OCN(C(=O)[C@@H](CC(=O)C1CCCCN1C)[C@@H](C)CC)[C@H](C[C@@H](C)c1nc(C(=O)OC)cs1)C(C)C.CCCC(=O)OCN(C(=O)[C@@H](N=[N+]=[N-])[C@@H](C)CC)[C@H](C[C@@H](C)c1nc(C(=O)OC)cs1)C(C)C.CN1CCCCC1C(=O)O.CN1CCCCC1C(=O)Oc1c(F)c(F)c(F)c(F)c1F. The quantitative estimate of drug-likeness (QED) is 0.00566. The molecule has 106 heavy (non-hydrogen) atoms. The van der Waals surface area contributed by atoms with Crippen LogP contribution in [0.1, 0.15) is 241 Å². The number of ether oxygens (including phenoxy) is 5. The molecule has 0 spiro atoms. The first kappa shape index (κ1) is 93.0. The number of methoxy groups -OCH3 is 2. The Hall–Kier alpha value is -7.25. The van der Waals surface area contributed by atoms with Crippen LogP contribution in [0.5, 0.6) is 5.75 Å². The summed E-state index contributed by atoms with van der Waals surface area (Å²) in [5.41, 5.74) is 9.58. The van der Waals surface area contributed by atoms with Gasteiger partial charge in [0, 0.05) is 64.8 Å². The summed E-state index contributed by atoms with van der Waals surface area (Å²) in [5, 5.41) is 17.3. The molecule has 5 heterocycles. The van der Waals surface area contributed by atoms with Crippen LogP contribution in [0.3, 0.4) is 0 Å². The van der Waals surface area contributed by atoms with Crippen LogP contribution < -0.4 is 4.74 Å². The average molecular weight is 1540 g/mol. The maximum absolute atomic E-state index is 14.4. The summed E-state index contributed by atoms with van der Waals surface area (Å²) < 4.78 is 90.8. The predicted octanol–water partition coefficient (Wildman–Crippen LogP) is 14.3. The number of nitrogens with zero attached hydrogens (tertiary/aromatic N) is 10. The number of aromatic nitrogens is 2. The van der Waals surface area contributed by atoms with Gasteiger partial charge < -0.3 is 38.6 Å². The van der Waals surface area contributed by atoms with E-state index in [-0.39, 0.29) is 133 Å². The molecule has 3 aliphatic rings. The molecule has 1 aromatic carbocycles. The topological polar surface area (TPSA) is 311 Å². The van der Waals surface area contributed by atoms with Crippen molar-refractivity contribution in [3.63, 3.8) is 0 Å². The lowest BCUT2D eigenvalue weighted by molar-refractivity contribution is -0.161. The number of amides is 2. The maximum atomic E-state index is 14.4. The highest BCUT2D eigenvalue weighted by Crippen LogP contribution is 2.36. The fourth-order valence-electron chi connectivity index (χ4n) is 12.7. The smallest absolute Gasteiger partial charge is 0.357 e. The van der Waals surface area contributed by atoms with Crippen molar-refractivity contribution in [1.82, 2.24) is 34.5 Å². The Morgan fingerprint density at radius 2 is 0.991 bits per heavy atom. The molecule has 3 saturated heterocycles. The van der Waals surface area contributed by atoms with Crippen LogP contribution in [0.2, 0.25) is 0 Å². The van der Waals surface area contributed by atoms with Crippen molar-refractivity contribution >= 4 is 76.1 Å². The lowest BCUT2D eigenvalue weighted by Gasteiger charge is -2.39. The maximum Gasteiger partial charge on any atom is 0.357 e. The molecule has 2 amide bonds. The molecule has 32 heteroatoms. The van der Waals surface area contributed by atoms with Crippen LogP contribution in [0.4, 0.5) is 22.0 Å². The Balaban J connectivity index is 0.000000400. The molecule has 3 aliphatic heterocycles. The van der Waals surface area contributed by atoms with Crippen LogP contribution in [-0.4, -0.2) is 198 Å². The average Bonchev–Trinajstić information content (AvgIpc) is 0.901. The highest BCUT2D eigenvalue weighted by molar-refractivity contribution is 7.10. The number of esters is 5. The zero-order valence-corrected chi connectivity index (χ0v) is 66.4. The monoisotopic (exact) mass is 1540 g/mol. The minimum absolute atomic E-state index is 0.0130. The van der Waals surface area contributed by atoms with Crippen molar-refractivity contribution in [2.75, 3.05) is 68.5 Å². The van der Waals surface area contributed by atoms with Gasteiger partial charge in [0.2, 0.25) is 46.6 Å². The van der Waals surface area contributed by atoms with Gasteiger partial charge in [-0.2, -0.15) is 8.78 Å². The molecule has 3 aromatic rings. The standard InChI is InChI=1S/C31H51N3O6S.C23H37N5O5S.C13H12F5NO2.C7H13NO2/c1-9-13-28(36)40-19-34(26(20(3)4)16-22(6)29-32-24(18-41-29)31(38)39-8)30(37)23(21(5)10-2)17-27(35)25-14-11-12-15-33(25)7;1-8-10-19(29)33-13-28(22(30)20(26-27-24)15(5)9-2)18(14(3)4)11-16(6)21-25-17(12-34-21)23(31)32-7;1-19-5-3-2-4-6(19)13(20)21-12-10(17)8(15)7(14)9(16)11(12)18;1-8-5-3-2-4-6(8)7(9)10/h18,20-23,25-26H,9-17,19H2,1-8H3;12,14-16,18,20H,8-11,13H2,1-7H3;6H,2-5H2,1H3;6H,2-5H2,1H3,(H,9,10)/t21-,22+,23-,25?,26+;15-,16+,18+,20-;;/m00../s1. The lowest BCUT2D eigenvalue weighted by atomic mass is 9.82. The third-order valence-electron chi connectivity index (χ3n) is 19.7. The number of carbonyl (C=O) groups is 9. The highest BCUT2D eigenvalue weighted by atomic mass is 32.1. The van der Waals surface area contributed by atoms with Gasteiger partial charge in [-0.25, -0.2) is 37.5 Å². The number of Topliss-reactive ketones (excluding diaryl/α,β-unsaturated/α-hetero) is 1. The molecule has 3 fully saturated rings. The molecule has 0 radical (unpaired) electrons. The van der Waals surface area contributed by atoms with E-state index in [2.05, 4.69) is 29.6 Å². The molecule has 3 unspecified atom stereocenters. The summed E-state index contributed by atoms with van der Waals surface area (Å²) in [6.45, 7) is 25.7. The Morgan fingerprint density at radius 3 is 1.35 bits per heavy atom. The summed E-state index contributed by atoms with van der Waals surface area (Å²) in [4.78, 5) is 133. The largest absolute Gasteiger partial charge is 0.480 e. The van der Waals surface area contributed by atoms with E-state index >= 15 is 0 Å². The lowest BCUT2D eigenvalue weighted by Crippen LogP contribution is -2.50. The van der Waals surface area contributed by atoms with E-state index in [0.29, 0.717) is 51.5 Å². The molecule has 0 aliphatic carbocycles. The van der Waals surface area contributed by atoms with E-state index in [1.165, 1.54) is 41.8 Å². The number of azide groups is 1. The fourth-order valence-corrected chi connectivity index (χ4v) is 14.4. The van der Waals surface area contributed by atoms with Crippen molar-refractivity contribution in [3.8, 4) is 5.75 Å². The van der Waals surface area contributed by atoms with Crippen LogP contribution >= 0.6 is 22.7 Å². The zero-order valence-electron chi connectivity index (χ0n) is 64.8. The second-order valence-electron chi connectivity index (χ2n) is 28.3. The number of rotatable bonds is 33. The van der Waals surface area contributed by atoms with Crippen LogP contribution in [0.25, 0.3) is 10.4 Å². The van der Waals surface area contributed by atoms with Gasteiger partial charge in [0.15, 0.2) is 30.6 Å². The Labute approximate surface area is 628 Å². The van der Waals surface area contributed by atoms with Gasteiger partial charge in [0.05, 0.1) is 30.3 Å². The zero-order chi connectivity index (χ0) is 79.8. The number of aliphatic carboxylic acids is 1. The van der Waals surface area contributed by atoms with Gasteiger partial charge in [-0.1, -0.05) is 120 Å². The number of carboxylic acid groups (broad SMARTS) is 1. The van der Waals surface area contributed by atoms with Crippen LogP contribution in [-0.2, 0) is 52.5 Å². The van der Waals surface area contributed by atoms with Crippen molar-refractivity contribution in [2.45, 2.75) is 247 Å². The Kier molecular flexibility index (Phi) is 41.1. The van der Waals surface area contributed by atoms with E-state index in [9.17, 15) is 65.1 Å². The second kappa shape index (κ2) is 46.9. The molecule has 25 nitrogen and oxygen atoms in total. The van der Waals surface area contributed by atoms with Crippen molar-refractivity contribution in [2.24, 2.45) is 34.7 Å². The number of hydrogen-bond donors (Lipinski definition) is 1. The molecule has 11 atom stereocenters. The van der Waals surface area contributed by atoms with Crippen LogP contribution in [0, 0.1) is 58.7 Å². The van der Waals surface area contributed by atoms with E-state index in [1.807, 2.05) is 102 Å². The van der Waals surface area contributed by atoms with Crippen molar-refractivity contribution in [1.29, 1.82) is 0 Å². The Morgan fingerprint density at radius 1 is 0.594 bits per heavy atom. The number of carboxylic acids is 1. The summed E-state index contributed by atoms with van der Waals surface area (Å²) in [6, 6.07) is -2.64. The van der Waals surface area contributed by atoms with Gasteiger partial charge in [-0.3, -0.25) is 43.5 Å². The van der Waals surface area contributed by atoms with Gasteiger partial charge in [0.1, 0.15) is 18.1 Å². The second-order valence-corrected chi connectivity index (χ2v) is 30.0. The molecule has 596 valence electrons. The molecule has 0 bridgehead atoms. The van der Waals surface area contributed by atoms with Crippen molar-refractivity contribution in [3.05, 3.63) is 71.7 Å². The number of hydrogen-bond acceptors (Lipinski definition) is 22. The van der Waals surface area contributed by atoms with E-state index < -0.39 is 76.7 Å². The summed E-state index contributed by atoms with van der Waals surface area (Å²) in [7, 11) is 8.11. The summed E-state index contributed by atoms with van der Waals surface area (Å²) >= 11 is 2.74.